The van der Waals surface area contributed by atoms with Gasteiger partial charge in [0.1, 0.15) is 0 Å². The van der Waals surface area contributed by atoms with E-state index in [4.69, 9.17) is 0 Å². The summed E-state index contributed by atoms with van der Waals surface area (Å²) >= 11 is 1.86. The van der Waals surface area contributed by atoms with E-state index in [1.165, 1.54) is 64.3 Å². The van der Waals surface area contributed by atoms with E-state index in [-0.39, 0.29) is 0 Å². The molecule has 2 heteroatoms. The fourth-order valence-electron chi connectivity index (χ4n) is 7.11. The van der Waals surface area contributed by atoms with Crippen LogP contribution in [0.3, 0.4) is 0 Å². The highest BCUT2D eigenvalue weighted by molar-refractivity contribution is 7.25. The number of thiophene rings is 1. The van der Waals surface area contributed by atoms with Gasteiger partial charge in [0, 0.05) is 37.2 Å². The van der Waals surface area contributed by atoms with Crippen LogP contribution in [0.4, 0.5) is 17.1 Å². The Morgan fingerprint density at radius 2 is 1.09 bits per heavy atom. The third kappa shape index (κ3) is 4.62. The van der Waals surface area contributed by atoms with Gasteiger partial charge in [0.25, 0.3) is 0 Å². The minimum absolute atomic E-state index is 1.08. The molecule has 218 valence electrons. The van der Waals surface area contributed by atoms with Crippen LogP contribution < -0.4 is 4.90 Å². The molecule has 0 amide bonds. The molecular weight excluding hydrogens is 575 g/mol. The summed E-state index contributed by atoms with van der Waals surface area (Å²) in [4.78, 5) is 2.39. The third-order valence-electron chi connectivity index (χ3n) is 9.35. The molecule has 1 aromatic heterocycles. The lowest BCUT2D eigenvalue weighted by atomic mass is 9.87. The average Bonchev–Trinajstić information content (AvgIpc) is 3.50. The van der Waals surface area contributed by atoms with E-state index in [0.717, 1.165) is 29.9 Å². The minimum Gasteiger partial charge on any atom is -0.310 e. The number of benzene rings is 7. The molecule has 8 aromatic rings. The molecule has 0 fully saturated rings. The van der Waals surface area contributed by atoms with Crippen molar-refractivity contribution in [3.05, 3.63) is 180 Å². The number of hydrogen-bond donors (Lipinski definition) is 0. The van der Waals surface area contributed by atoms with Crippen LogP contribution in [0.2, 0.25) is 0 Å². The van der Waals surface area contributed by atoms with E-state index in [1.54, 1.807) is 0 Å². The van der Waals surface area contributed by atoms with Crippen molar-refractivity contribution in [3.8, 4) is 11.1 Å². The lowest BCUT2D eigenvalue weighted by Gasteiger charge is -2.26. The summed E-state index contributed by atoms with van der Waals surface area (Å²) in [5.41, 5.74) is 11.3. The van der Waals surface area contributed by atoms with Gasteiger partial charge in [-0.3, -0.25) is 0 Å². The molecule has 1 nitrogen and oxygen atoms in total. The van der Waals surface area contributed by atoms with Crippen molar-refractivity contribution in [2.24, 2.45) is 0 Å². The van der Waals surface area contributed by atoms with Gasteiger partial charge in [0.2, 0.25) is 0 Å². The summed E-state index contributed by atoms with van der Waals surface area (Å²) in [5, 5.41) is 5.15. The summed E-state index contributed by atoms with van der Waals surface area (Å²) in [7, 11) is 0. The van der Waals surface area contributed by atoms with Gasteiger partial charge in [-0.1, -0.05) is 115 Å². The molecular formula is C44H31NS. The second kappa shape index (κ2) is 11.2. The van der Waals surface area contributed by atoms with Crippen LogP contribution >= 0.6 is 11.3 Å². The molecule has 46 heavy (non-hydrogen) atoms. The van der Waals surface area contributed by atoms with E-state index < -0.39 is 0 Å². The first-order valence-electron chi connectivity index (χ1n) is 16.0. The van der Waals surface area contributed by atoms with E-state index in [1.807, 2.05) is 11.3 Å². The molecule has 1 heterocycles. The molecule has 0 atom stereocenters. The quantitative estimate of drug-likeness (QED) is 0.189. The maximum absolute atomic E-state index is 2.40. The van der Waals surface area contributed by atoms with Gasteiger partial charge in [-0.05, 0) is 106 Å². The number of nitrogens with zero attached hydrogens (tertiary/aromatic N) is 1. The Labute approximate surface area is 273 Å². The van der Waals surface area contributed by atoms with Crippen LogP contribution in [0.5, 0.6) is 0 Å². The molecule has 9 rings (SSSR count). The second-order valence-corrected chi connectivity index (χ2v) is 13.1. The Bertz CT molecular complexity index is 2410. The molecule has 1 aliphatic carbocycles. The fourth-order valence-corrected chi connectivity index (χ4v) is 8.20. The predicted octanol–water partition coefficient (Wildman–Crippen LogP) is 12.7. The molecule has 0 saturated heterocycles. The Morgan fingerprint density at radius 3 is 1.93 bits per heavy atom. The highest BCUT2D eigenvalue weighted by Gasteiger charge is 2.18. The van der Waals surface area contributed by atoms with Crippen molar-refractivity contribution in [2.75, 3.05) is 4.90 Å². The van der Waals surface area contributed by atoms with Crippen molar-refractivity contribution in [3.63, 3.8) is 0 Å². The second-order valence-electron chi connectivity index (χ2n) is 12.0. The number of hydrogen-bond acceptors (Lipinski definition) is 2. The zero-order chi connectivity index (χ0) is 30.5. The van der Waals surface area contributed by atoms with Crippen LogP contribution in [0, 0.1) is 0 Å². The van der Waals surface area contributed by atoms with Crippen LogP contribution in [-0.2, 0) is 6.42 Å². The Kier molecular flexibility index (Phi) is 6.54. The van der Waals surface area contributed by atoms with Crippen molar-refractivity contribution >= 4 is 64.9 Å². The van der Waals surface area contributed by atoms with E-state index in [9.17, 15) is 0 Å². The average molecular weight is 606 g/mol. The molecule has 0 saturated carbocycles. The summed E-state index contributed by atoms with van der Waals surface area (Å²) in [6.45, 7) is 0. The van der Waals surface area contributed by atoms with E-state index in [0.29, 0.717) is 0 Å². The molecule has 0 N–H and O–H groups in total. The maximum Gasteiger partial charge on any atom is 0.0468 e. The molecule has 1 aliphatic rings. The largest absolute Gasteiger partial charge is 0.310 e. The Hall–Kier alpha value is -5.44. The highest BCUT2D eigenvalue weighted by atomic mass is 32.1. The zero-order valence-corrected chi connectivity index (χ0v) is 26.2. The van der Waals surface area contributed by atoms with Crippen molar-refractivity contribution < 1.29 is 0 Å². The van der Waals surface area contributed by atoms with Gasteiger partial charge in [0.15, 0.2) is 0 Å². The zero-order valence-electron chi connectivity index (χ0n) is 25.4. The van der Waals surface area contributed by atoms with E-state index >= 15 is 0 Å². The van der Waals surface area contributed by atoms with Crippen LogP contribution in [0.1, 0.15) is 23.1 Å². The topological polar surface area (TPSA) is 3.24 Å². The first-order chi connectivity index (χ1) is 22.8. The number of aryl methyl sites for hydroxylation is 1. The minimum atomic E-state index is 1.08. The normalized spacial score (nSPS) is 12.7. The monoisotopic (exact) mass is 605 g/mol. The number of rotatable bonds is 5. The first kappa shape index (κ1) is 26.9. The van der Waals surface area contributed by atoms with Gasteiger partial charge in [0.05, 0.1) is 0 Å². The molecule has 0 bridgehead atoms. The van der Waals surface area contributed by atoms with Crippen LogP contribution in [0.15, 0.2) is 164 Å². The van der Waals surface area contributed by atoms with Gasteiger partial charge in [-0.2, -0.15) is 0 Å². The van der Waals surface area contributed by atoms with E-state index in [2.05, 4.69) is 169 Å². The summed E-state index contributed by atoms with van der Waals surface area (Å²) in [6.07, 6.45) is 4.59. The predicted molar refractivity (Wildman–Crippen MR) is 199 cm³/mol. The smallest absolute Gasteiger partial charge is 0.0468 e. The third-order valence-corrected chi connectivity index (χ3v) is 10.5. The molecule has 0 unspecified atom stereocenters. The first-order valence-corrected chi connectivity index (χ1v) is 16.8. The van der Waals surface area contributed by atoms with Crippen molar-refractivity contribution in [1.82, 2.24) is 0 Å². The number of allylic oxidation sites excluding steroid dienone is 1. The van der Waals surface area contributed by atoms with Crippen LogP contribution in [-0.4, -0.2) is 0 Å². The summed E-state index contributed by atoms with van der Waals surface area (Å²) < 4.78 is 2.64. The lowest BCUT2D eigenvalue weighted by Crippen LogP contribution is -2.10. The maximum atomic E-state index is 2.40. The van der Waals surface area contributed by atoms with Gasteiger partial charge in [-0.25, -0.2) is 0 Å². The number of anilines is 3. The molecule has 0 radical (unpaired) electrons. The van der Waals surface area contributed by atoms with Crippen molar-refractivity contribution in [2.45, 2.75) is 12.8 Å². The highest BCUT2D eigenvalue weighted by Crippen LogP contribution is 2.42. The SMILES string of the molecule is C1=C(c2ccc(N(c3ccc(-c4cccc5ccccc45)cc3)c3ccc4sc5ccccc5c4c3)cc2)c2ccccc2CC1. The van der Waals surface area contributed by atoms with Crippen molar-refractivity contribution in [1.29, 1.82) is 0 Å². The Morgan fingerprint density at radius 1 is 0.457 bits per heavy atom. The molecule has 7 aromatic carbocycles. The Balaban J connectivity index is 1.16. The van der Waals surface area contributed by atoms with Gasteiger partial charge >= 0.3 is 0 Å². The van der Waals surface area contributed by atoms with Gasteiger partial charge in [-0.15, -0.1) is 11.3 Å². The molecule has 0 aliphatic heterocycles. The number of fused-ring (bicyclic) bond motifs is 5. The fraction of sp³-hybridized carbons (Fsp3) is 0.0455. The van der Waals surface area contributed by atoms with Crippen LogP contribution in [0.25, 0.3) is 47.6 Å². The lowest BCUT2D eigenvalue weighted by molar-refractivity contribution is 0.978. The standard InChI is InChI=1S/C44H31NS/c1-3-13-37-30(9-1)11-7-16-39(37)32-19-23-34(24-20-32)45(36-27-28-44-42(29-36)41-15-5-6-18-43(41)46-44)35-25-21-33(22-26-35)40-17-8-12-31-10-2-4-14-38(31)40/h1-7,9-11,13-29H,8,12H2. The summed E-state index contributed by atoms with van der Waals surface area (Å²) in [5.74, 6) is 0. The summed E-state index contributed by atoms with van der Waals surface area (Å²) in [6, 6.07) is 57.9. The van der Waals surface area contributed by atoms with Gasteiger partial charge < -0.3 is 4.90 Å². The molecule has 0 spiro atoms.